The van der Waals surface area contributed by atoms with Gasteiger partial charge in [0.15, 0.2) is 0 Å². The van der Waals surface area contributed by atoms with Crippen LogP contribution in [0.4, 0.5) is 0 Å². The second-order valence-electron chi connectivity index (χ2n) is 1.29. The Balaban J connectivity index is 3.18. The third kappa shape index (κ3) is 9.06. The molecule has 2 nitrogen and oxygen atoms in total. The van der Waals surface area contributed by atoms with Crippen LogP contribution in [-0.2, 0) is 9.09 Å². The van der Waals surface area contributed by atoms with Crippen LogP contribution in [0.1, 0.15) is 6.42 Å². The molecule has 0 atom stereocenters. The van der Waals surface area contributed by atoms with Crippen molar-refractivity contribution >= 4 is 40.2 Å². The highest BCUT2D eigenvalue weighted by atomic mass is 35.9. The number of halogens is 3. The highest BCUT2D eigenvalue weighted by molar-refractivity contribution is 8.05. The van der Waals surface area contributed by atoms with Crippen molar-refractivity contribution in [3.05, 3.63) is 0 Å². The van der Waals surface area contributed by atoms with Crippen LogP contribution in [0.2, 0.25) is 0 Å². The molecule has 0 aromatic carbocycles. The maximum atomic E-state index is 10.4. The number of alkyl halides is 1. The maximum absolute atomic E-state index is 10.4. The lowest BCUT2D eigenvalue weighted by Crippen LogP contribution is -1.86. The fourth-order valence-corrected chi connectivity index (χ4v) is 1.09. The molecule has 0 saturated carbocycles. The zero-order valence-electron chi connectivity index (χ0n) is 4.52. The van der Waals surface area contributed by atoms with E-state index in [0.717, 1.165) is 0 Å². The fraction of sp³-hybridized carbons (Fsp3) is 1.00. The van der Waals surface area contributed by atoms with Crippen molar-refractivity contribution in [2.45, 2.75) is 6.42 Å². The summed E-state index contributed by atoms with van der Waals surface area (Å²) in [4.78, 5) is 0. The van der Waals surface area contributed by atoms with E-state index in [2.05, 4.69) is 4.52 Å². The van der Waals surface area contributed by atoms with Gasteiger partial charge in [-0.25, -0.2) is 0 Å². The average molecular weight is 211 g/mol. The summed E-state index contributed by atoms with van der Waals surface area (Å²) in [7, 11) is 0. The van der Waals surface area contributed by atoms with Crippen molar-refractivity contribution in [3.8, 4) is 0 Å². The van der Waals surface area contributed by atoms with Crippen molar-refractivity contribution in [1.82, 2.24) is 0 Å². The first kappa shape index (κ1) is 10.1. The predicted octanol–water partition coefficient (Wildman–Crippen LogP) is 3.22. The minimum atomic E-state index is -3.31. The Morgan fingerprint density at radius 1 is 1.44 bits per heavy atom. The molecule has 0 heterocycles. The monoisotopic (exact) mass is 210 g/mol. The average Bonchev–Trinajstić information content (AvgIpc) is 1.63. The van der Waals surface area contributed by atoms with E-state index in [1.54, 1.807) is 0 Å². The van der Waals surface area contributed by atoms with Gasteiger partial charge in [0.1, 0.15) is 0 Å². The summed E-state index contributed by atoms with van der Waals surface area (Å²) in [6.07, 6.45) is -2.71. The van der Waals surface area contributed by atoms with Crippen LogP contribution in [0.5, 0.6) is 0 Å². The van der Waals surface area contributed by atoms with Crippen molar-refractivity contribution in [2.75, 3.05) is 12.5 Å². The van der Waals surface area contributed by atoms with Crippen molar-refractivity contribution in [1.29, 1.82) is 0 Å². The molecule has 0 unspecified atom stereocenters. The van der Waals surface area contributed by atoms with E-state index in [1.165, 1.54) is 0 Å². The minimum Gasteiger partial charge on any atom is -0.306 e. The summed E-state index contributed by atoms with van der Waals surface area (Å²) in [5.74, 6) is 0.452. The molecule has 0 aromatic heterocycles. The molecule has 0 rings (SSSR count). The number of hydrogen-bond acceptors (Lipinski definition) is 2. The molecule has 0 fully saturated rings. The van der Waals surface area contributed by atoms with Gasteiger partial charge in [-0.1, -0.05) is 0 Å². The second-order valence-corrected chi connectivity index (χ2v) is 5.94. The van der Waals surface area contributed by atoms with E-state index in [4.69, 9.17) is 34.1 Å². The van der Waals surface area contributed by atoms with Gasteiger partial charge in [-0.3, -0.25) is 4.57 Å². The van der Waals surface area contributed by atoms with Gasteiger partial charge in [0, 0.05) is 5.88 Å². The Bertz CT molecular complexity index is 112. The molecular formula is C3H6Cl3O2P. The molecular weight excluding hydrogens is 205 g/mol. The van der Waals surface area contributed by atoms with E-state index < -0.39 is 6.07 Å². The second kappa shape index (κ2) is 4.81. The summed E-state index contributed by atoms with van der Waals surface area (Å²) in [5.41, 5.74) is 0. The van der Waals surface area contributed by atoms with E-state index in [0.29, 0.717) is 12.3 Å². The molecule has 0 aliphatic carbocycles. The van der Waals surface area contributed by atoms with Gasteiger partial charge in [-0.2, -0.15) is 0 Å². The van der Waals surface area contributed by atoms with Crippen LogP contribution in [0, 0.1) is 0 Å². The quantitative estimate of drug-likeness (QED) is 0.405. The molecule has 0 amide bonds. The summed E-state index contributed by atoms with van der Waals surface area (Å²) < 4.78 is 14.8. The highest BCUT2D eigenvalue weighted by Crippen LogP contribution is 2.57. The van der Waals surface area contributed by atoms with Gasteiger partial charge in [0.05, 0.1) is 6.61 Å². The van der Waals surface area contributed by atoms with Gasteiger partial charge >= 0.3 is 6.07 Å². The largest absolute Gasteiger partial charge is 0.380 e. The van der Waals surface area contributed by atoms with E-state index in [9.17, 15) is 4.57 Å². The Hall–Kier alpha value is 1.06. The topological polar surface area (TPSA) is 26.3 Å². The van der Waals surface area contributed by atoms with Gasteiger partial charge in [-0.15, -0.1) is 11.6 Å². The maximum Gasteiger partial charge on any atom is 0.380 e. The molecule has 0 saturated heterocycles. The molecule has 0 aromatic rings. The summed E-state index contributed by atoms with van der Waals surface area (Å²) in [6, 6.07) is 0. The van der Waals surface area contributed by atoms with Crippen molar-refractivity contribution in [3.63, 3.8) is 0 Å². The van der Waals surface area contributed by atoms with E-state index in [1.807, 2.05) is 0 Å². The third-order valence-corrected chi connectivity index (χ3v) is 1.86. The zero-order valence-corrected chi connectivity index (χ0v) is 7.68. The van der Waals surface area contributed by atoms with Gasteiger partial charge in [-0.05, 0) is 28.9 Å². The van der Waals surface area contributed by atoms with Crippen LogP contribution >= 0.6 is 40.2 Å². The summed E-state index contributed by atoms with van der Waals surface area (Å²) >= 11 is 15.3. The molecule has 0 aliphatic heterocycles. The minimum absolute atomic E-state index is 0.244. The molecule has 0 aliphatic rings. The van der Waals surface area contributed by atoms with Crippen LogP contribution in [0.3, 0.4) is 0 Å². The molecule has 0 radical (unpaired) electrons. The van der Waals surface area contributed by atoms with Crippen LogP contribution in [0.25, 0.3) is 0 Å². The summed E-state index contributed by atoms with van der Waals surface area (Å²) in [6.45, 7) is 0.244. The zero-order chi connectivity index (χ0) is 7.33. The Kier molecular flexibility index (Phi) is 5.38. The Morgan fingerprint density at radius 3 is 2.33 bits per heavy atom. The van der Waals surface area contributed by atoms with Crippen molar-refractivity contribution < 1.29 is 9.09 Å². The van der Waals surface area contributed by atoms with E-state index >= 15 is 0 Å². The van der Waals surface area contributed by atoms with Gasteiger partial charge < -0.3 is 4.52 Å². The normalized spacial score (nSPS) is 11.9. The van der Waals surface area contributed by atoms with Crippen LogP contribution in [-0.4, -0.2) is 12.5 Å². The molecule has 6 heteroatoms. The van der Waals surface area contributed by atoms with Gasteiger partial charge in [0.25, 0.3) is 0 Å². The highest BCUT2D eigenvalue weighted by Gasteiger charge is 2.12. The first-order valence-electron chi connectivity index (χ1n) is 2.26. The molecule has 0 bridgehead atoms. The van der Waals surface area contributed by atoms with E-state index in [-0.39, 0.29) is 6.61 Å². The predicted molar refractivity (Wildman–Crippen MR) is 40.6 cm³/mol. The number of hydrogen-bond donors (Lipinski definition) is 0. The molecule has 56 valence electrons. The van der Waals surface area contributed by atoms with Gasteiger partial charge in [0.2, 0.25) is 0 Å². The van der Waals surface area contributed by atoms with Crippen LogP contribution < -0.4 is 0 Å². The standard InChI is InChI=1S/C3H6Cl3O2P/c4-2-1-3-8-9(5,6)7/h1-3H2. The fourth-order valence-electron chi connectivity index (χ4n) is 0.225. The summed E-state index contributed by atoms with van der Waals surface area (Å²) in [5, 5.41) is 0. The first-order chi connectivity index (χ1) is 4.06. The Morgan fingerprint density at radius 2 is 2.00 bits per heavy atom. The van der Waals surface area contributed by atoms with Crippen molar-refractivity contribution in [2.24, 2.45) is 0 Å². The SMILES string of the molecule is O=P(Cl)(Cl)OCCCCl. The Labute approximate surface area is 68.5 Å². The number of rotatable bonds is 4. The lowest BCUT2D eigenvalue weighted by atomic mass is 10.5. The van der Waals surface area contributed by atoms with Crippen LogP contribution in [0.15, 0.2) is 0 Å². The third-order valence-electron chi connectivity index (χ3n) is 0.520. The molecule has 0 N–H and O–H groups in total. The molecule has 9 heavy (non-hydrogen) atoms. The smallest absolute Gasteiger partial charge is 0.306 e. The lowest BCUT2D eigenvalue weighted by Gasteiger charge is -2.00. The first-order valence-corrected chi connectivity index (χ1v) is 6.23. The molecule has 0 spiro atoms. The lowest BCUT2D eigenvalue weighted by molar-refractivity contribution is 0.334.